The Morgan fingerprint density at radius 1 is 1.09 bits per heavy atom. The van der Waals surface area contributed by atoms with E-state index in [0.717, 1.165) is 10.1 Å². The fraction of sp³-hybridized carbons (Fsp3) is 0.333. The van der Waals surface area contributed by atoms with Gasteiger partial charge in [-0.3, -0.25) is 10.2 Å². The molecule has 0 bridgehead atoms. The summed E-state index contributed by atoms with van der Waals surface area (Å²) in [7, 11) is -0.207. The van der Waals surface area contributed by atoms with Crippen molar-refractivity contribution in [2.45, 2.75) is 4.21 Å². The number of piperazine rings is 1. The van der Waals surface area contributed by atoms with Crippen LogP contribution in [0.15, 0.2) is 52.7 Å². The van der Waals surface area contributed by atoms with Crippen molar-refractivity contribution in [2.75, 3.05) is 53.5 Å². The number of carbonyl (C=O) groups is 1. The highest BCUT2D eigenvalue weighted by atomic mass is 35.5. The number of rotatable bonds is 7. The van der Waals surface area contributed by atoms with Crippen molar-refractivity contribution in [3.05, 3.63) is 64.7 Å². The zero-order valence-electron chi connectivity index (χ0n) is 19.5. The lowest BCUT2D eigenvalue weighted by Gasteiger charge is -2.33. The van der Waals surface area contributed by atoms with Crippen LogP contribution in [0.2, 0.25) is 5.02 Å². The van der Waals surface area contributed by atoms with Gasteiger partial charge < -0.3 is 14.5 Å². The van der Waals surface area contributed by atoms with Crippen LogP contribution in [0.4, 0.5) is 0 Å². The van der Waals surface area contributed by atoms with Crippen LogP contribution in [0.5, 0.6) is 0 Å². The second-order valence-corrected chi connectivity index (χ2v) is 12.0. The first-order valence-corrected chi connectivity index (χ1v) is 13.7. The van der Waals surface area contributed by atoms with Crippen LogP contribution in [0.1, 0.15) is 15.9 Å². The lowest BCUT2D eigenvalue weighted by Crippen LogP contribution is -2.50. The van der Waals surface area contributed by atoms with E-state index in [4.69, 9.17) is 21.7 Å². The number of amidine groups is 1. The Morgan fingerprint density at radius 3 is 2.40 bits per heavy atom. The minimum atomic E-state index is -3.65. The smallest absolute Gasteiger partial charge is 0.253 e. The molecule has 1 N–H and O–H groups in total. The number of nitrogens with zero attached hydrogens (tertiary/aromatic N) is 3. The van der Waals surface area contributed by atoms with E-state index in [9.17, 15) is 13.2 Å². The number of hydrogen-bond donors (Lipinski definition) is 1. The molecule has 186 valence electrons. The summed E-state index contributed by atoms with van der Waals surface area (Å²) in [6.45, 7) is 2.21. The average molecular weight is 535 g/mol. The van der Waals surface area contributed by atoms with Gasteiger partial charge in [-0.2, -0.15) is 4.31 Å². The van der Waals surface area contributed by atoms with Crippen molar-refractivity contribution < 1.29 is 17.9 Å². The first-order chi connectivity index (χ1) is 16.7. The Hall–Kier alpha value is -2.50. The van der Waals surface area contributed by atoms with E-state index in [0.29, 0.717) is 48.2 Å². The Balaban J connectivity index is 1.39. The number of nitrogens with one attached hydrogen (secondary N) is 1. The molecule has 2 heterocycles. The molecule has 1 aromatic heterocycles. The minimum absolute atomic E-state index is 0.149. The van der Waals surface area contributed by atoms with Crippen LogP contribution in [-0.2, 0) is 14.8 Å². The fourth-order valence-corrected chi connectivity index (χ4v) is 7.13. The minimum Gasteiger partial charge on any atom is -0.383 e. The van der Waals surface area contributed by atoms with Gasteiger partial charge in [-0.1, -0.05) is 29.8 Å². The number of ether oxygens (including phenoxy) is 1. The second kappa shape index (κ2) is 10.6. The number of benzene rings is 2. The zero-order valence-corrected chi connectivity index (χ0v) is 21.9. The quantitative estimate of drug-likeness (QED) is 0.369. The van der Waals surface area contributed by atoms with Gasteiger partial charge >= 0.3 is 0 Å². The van der Waals surface area contributed by atoms with Crippen LogP contribution in [0.3, 0.4) is 0 Å². The molecule has 2 aromatic carbocycles. The number of halogens is 1. The molecule has 1 aliphatic heterocycles. The number of methoxy groups -OCH3 is 1. The number of thiophene rings is 1. The van der Waals surface area contributed by atoms with Crippen LogP contribution in [0, 0.1) is 5.41 Å². The van der Waals surface area contributed by atoms with Gasteiger partial charge in [0.1, 0.15) is 10.0 Å². The number of amides is 1. The summed E-state index contributed by atoms with van der Waals surface area (Å²) in [6, 6.07) is 13.9. The summed E-state index contributed by atoms with van der Waals surface area (Å²) in [4.78, 5) is 16.4. The predicted octanol–water partition coefficient (Wildman–Crippen LogP) is 3.60. The third kappa shape index (κ3) is 5.52. The van der Waals surface area contributed by atoms with E-state index in [-0.39, 0.29) is 23.2 Å². The highest BCUT2D eigenvalue weighted by molar-refractivity contribution is 7.91. The molecule has 1 aliphatic rings. The Kier molecular flexibility index (Phi) is 7.77. The Labute approximate surface area is 214 Å². The van der Waals surface area contributed by atoms with Crippen molar-refractivity contribution in [3.63, 3.8) is 0 Å². The molecule has 1 amide bonds. The lowest BCUT2D eigenvalue weighted by molar-refractivity contribution is 0.0698. The summed E-state index contributed by atoms with van der Waals surface area (Å²) in [5.74, 6) is 0.202. The molecule has 0 atom stereocenters. The summed E-state index contributed by atoms with van der Waals surface area (Å²) < 4.78 is 34.0. The largest absolute Gasteiger partial charge is 0.383 e. The first kappa shape index (κ1) is 25.6. The molecule has 0 spiro atoms. The summed E-state index contributed by atoms with van der Waals surface area (Å²) >= 11 is 7.24. The van der Waals surface area contributed by atoms with E-state index in [1.165, 1.54) is 15.6 Å². The van der Waals surface area contributed by atoms with Gasteiger partial charge in [0.15, 0.2) is 0 Å². The number of carbonyl (C=O) groups excluding carboxylic acids is 1. The van der Waals surface area contributed by atoms with E-state index in [1.807, 2.05) is 13.1 Å². The molecular weight excluding hydrogens is 508 g/mol. The van der Waals surface area contributed by atoms with E-state index in [2.05, 4.69) is 0 Å². The maximum Gasteiger partial charge on any atom is 0.253 e. The van der Waals surface area contributed by atoms with Gasteiger partial charge in [0.25, 0.3) is 15.9 Å². The molecule has 1 saturated heterocycles. The third-order valence-electron chi connectivity index (χ3n) is 6.00. The molecule has 35 heavy (non-hydrogen) atoms. The normalized spacial score (nSPS) is 14.9. The summed E-state index contributed by atoms with van der Waals surface area (Å²) in [5.41, 5.74) is 1.22. The van der Waals surface area contributed by atoms with Gasteiger partial charge in [0, 0.05) is 67.7 Å². The molecule has 3 aromatic rings. The number of hydrogen-bond acceptors (Lipinski definition) is 6. The molecule has 0 radical (unpaired) electrons. The van der Waals surface area contributed by atoms with Crippen molar-refractivity contribution >= 4 is 54.8 Å². The number of sulfonamides is 1. The molecule has 0 unspecified atom stereocenters. The second-order valence-electron chi connectivity index (χ2n) is 8.28. The van der Waals surface area contributed by atoms with Gasteiger partial charge in [-0.25, -0.2) is 8.42 Å². The molecule has 4 rings (SSSR count). The van der Waals surface area contributed by atoms with E-state index < -0.39 is 10.0 Å². The topological polar surface area (TPSA) is 94.0 Å². The highest BCUT2D eigenvalue weighted by Crippen LogP contribution is 2.33. The molecular formula is C24H27ClN4O4S2. The highest BCUT2D eigenvalue weighted by Gasteiger charge is 2.31. The van der Waals surface area contributed by atoms with Gasteiger partial charge in [-0.05, 0) is 35.7 Å². The van der Waals surface area contributed by atoms with Crippen LogP contribution < -0.4 is 0 Å². The van der Waals surface area contributed by atoms with Crippen LogP contribution in [-0.4, -0.2) is 87.8 Å². The average Bonchev–Trinajstić information content (AvgIpc) is 3.30. The van der Waals surface area contributed by atoms with E-state index in [1.54, 1.807) is 59.4 Å². The molecule has 0 aliphatic carbocycles. The molecule has 0 saturated carbocycles. The SMILES string of the molecule is COCCN(C)C(=N)c1ccc(C(=O)N2CCN(S(=O)(=O)c3cc4ccc(Cl)cc4s3)CC2)cc1. The Bertz CT molecular complexity index is 1330. The lowest BCUT2D eigenvalue weighted by atomic mass is 10.1. The maximum atomic E-state index is 13.2. The summed E-state index contributed by atoms with van der Waals surface area (Å²) in [6.07, 6.45) is 0. The standard InChI is InChI=1S/C24H27ClN4O4S2/c1-27(13-14-33-2)23(26)17-3-5-18(6-4-17)24(30)28-9-11-29(12-10-28)35(31,32)22-15-19-7-8-20(25)16-21(19)34-22/h3-8,15-16,26H,9-14H2,1-2H3. The van der Waals surface area contributed by atoms with Crippen LogP contribution in [0.25, 0.3) is 10.1 Å². The maximum absolute atomic E-state index is 13.2. The third-order valence-corrected chi connectivity index (χ3v) is 9.68. The van der Waals surface area contributed by atoms with Crippen molar-refractivity contribution in [1.82, 2.24) is 14.1 Å². The number of fused-ring (bicyclic) bond motifs is 1. The monoisotopic (exact) mass is 534 g/mol. The van der Waals surface area contributed by atoms with Gasteiger partial charge in [0.05, 0.1) is 6.61 Å². The van der Waals surface area contributed by atoms with Gasteiger partial charge in [0.2, 0.25) is 0 Å². The predicted molar refractivity (Wildman–Crippen MR) is 139 cm³/mol. The van der Waals surface area contributed by atoms with Crippen LogP contribution >= 0.6 is 22.9 Å². The summed E-state index contributed by atoms with van der Waals surface area (Å²) in [5, 5.41) is 9.70. The molecule has 1 fully saturated rings. The molecule has 8 nitrogen and oxygen atoms in total. The molecule has 11 heteroatoms. The fourth-order valence-electron chi connectivity index (χ4n) is 3.88. The number of likely N-dealkylation sites (N-methyl/N-ethyl adjacent to an activating group) is 1. The van der Waals surface area contributed by atoms with Crippen molar-refractivity contribution in [1.29, 1.82) is 5.41 Å². The first-order valence-electron chi connectivity index (χ1n) is 11.1. The van der Waals surface area contributed by atoms with Gasteiger partial charge in [-0.15, -0.1) is 11.3 Å². The zero-order chi connectivity index (χ0) is 25.2. The Morgan fingerprint density at radius 2 is 1.74 bits per heavy atom. The van der Waals surface area contributed by atoms with Crippen molar-refractivity contribution in [3.8, 4) is 0 Å². The van der Waals surface area contributed by atoms with E-state index >= 15 is 0 Å². The van der Waals surface area contributed by atoms with Crippen molar-refractivity contribution in [2.24, 2.45) is 0 Å².